The van der Waals surface area contributed by atoms with Gasteiger partial charge in [0, 0.05) is 10.7 Å². The van der Waals surface area contributed by atoms with Crippen molar-refractivity contribution in [1.29, 1.82) is 0 Å². The van der Waals surface area contributed by atoms with Gasteiger partial charge in [0.2, 0.25) is 5.91 Å². The van der Waals surface area contributed by atoms with Gasteiger partial charge in [-0.25, -0.2) is 9.67 Å². The summed E-state index contributed by atoms with van der Waals surface area (Å²) in [6.07, 6.45) is 0. The molecule has 0 bridgehead atoms. The third-order valence-electron chi connectivity index (χ3n) is 3.31. The van der Waals surface area contributed by atoms with Crippen LogP contribution in [0.2, 0.25) is 5.02 Å². The Morgan fingerprint density at radius 2 is 2.10 bits per heavy atom. The zero-order valence-corrected chi connectivity index (χ0v) is 13.4. The summed E-state index contributed by atoms with van der Waals surface area (Å²) in [7, 11) is 0. The topological polar surface area (TPSA) is 59.8 Å². The molecule has 1 unspecified atom stereocenters. The number of anilines is 1. The summed E-state index contributed by atoms with van der Waals surface area (Å²) >= 11 is 5.96. The predicted octanol–water partition coefficient (Wildman–Crippen LogP) is 3.13. The first-order valence-electron chi connectivity index (χ1n) is 6.82. The molecule has 112 valence electrons. The highest BCUT2D eigenvalue weighted by Gasteiger charge is 2.16. The van der Waals surface area contributed by atoms with Gasteiger partial charge in [0.05, 0.1) is 12.5 Å². The molecule has 0 saturated heterocycles. The van der Waals surface area contributed by atoms with Gasteiger partial charge < -0.3 is 5.32 Å². The molecule has 2 rings (SSSR count). The van der Waals surface area contributed by atoms with Gasteiger partial charge in [0.15, 0.2) is 0 Å². The lowest BCUT2D eigenvalue weighted by atomic mass is 10.1. The molecule has 0 aliphatic heterocycles. The van der Waals surface area contributed by atoms with Crippen molar-refractivity contribution in [1.82, 2.24) is 14.8 Å². The van der Waals surface area contributed by atoms with E-state index in [4.69, 9.17) is 11.6 Å². The molecule has 1 aromatic heterocycles. The number of amides is 1. The minimum Gasteiger partial charge on any atom is -0.326 e. The Balaban J connectivity index is 2.06. The van der Waals surface area contributed by atoms with E-state index in [1.54, 1.807) is 16.8 Å². The van der Waals surface area contributed by atoms with E-state index < -0.39 is 0 Å². The molecule has 5 nitrogen and oxygen atoms in total. The van der Waals surface area contributed by atoms with Gasteiger partial charge in [-0.2, -0.15) is 5.10 Å². The second-order valence-electron chi connectivity index (χ2n) is 5.24. The van der Waals surface area contributed by atoms with Crippen molar-refractivity contribution in [3.8, 4) is 0 Å². The third kappa shape index (κ3) is 3.82. The summed E-state index contributed by atoms with van der Waals surface area (Å²) in [6.45, 7) is 8.01. The van der Waals surface area contributed by atoms with Crippen LogP contribution in [0.15, 0.2) is 18.2 Å². The van der Waals surface area contributed by atoms with E-state index in [9.17, 15) is 4.79 Å². The van der Waals surface area contributed by atoms with Crippen LogP contribution in [-0.2, 0) is 11.3 Å². The number of nitrogens with zero attached hydrogens (tertiary/aromatic N) is 3. The second kappa shape index (κ2) is 6.26. The molecule has 1 N–H and O–H groups in total. The lowest BCUT2D eigenvalue weighted by Gasteiger charge is -2.14. The van der Waals surface area contributed by atoms with Crippen LogP contribution in [0, 0.1) is 26.7 Å². The van der Waals surface area contributed by atoms with Gasteiger partial charge in [-0.1, -0.05) is 24.6 Å². The number of carbonyl (C=O) groups is 1. The van der Waals surface area contributed by atoms with Crippen LogP contribution < -0.4 is 5.32 Å². The van der Waals surface area contributed by atoms with Gasteiger partial charge in [0.25, 0.3) is 0 Å². The minimum atomic E-state index is -0.219. The molecule has 1 atom stereocenters. The van der Waals surface area contributed by atoms with Gasteiger partial charge in [-0.15, -0.1) is 0 Å². The first kappa shape index (κ1) is 15.5. The fourth-order valence-electron chi connectivity index (χ4n) is 2.06. The first-order chi connectivity index (χ1) is 9.86. The van der Waals surface area contributed by atoms with E-state index >= 15 is 0 Å². The maximum atomic E-state index is 12.3. The number of rotatable bonds is 4. The number of nitrogens with one attached hydrogen (secondary N) is 1. The molecular weight excluding hydrogens is 288 g/mol. The van der Waals surface area contributed by atoms with Crippen LogP contribution in [0.1, 0.15) is 24.1 Å². The Morgan fingerprint density at radius 1 is 1.38 bits per heavy atom. The average Bonchev–Trinajstić information content (AvgIpc) is 2.72. The highest BCUT2D eigenvalue weighted by atomic mass is 35.5. The number of hydrogen-bond donors (Lipinski definition) is 1. The van der Waals surface area contributed by atoms with Crippen molar-refractivity contribution in [2.24, 2.45) is 5.92 Å². The second-order valence-corrected chi connectivity index (χ2v) is 5.67. The first-order valence-corrected chi connectivity index (χ1v) is 7.19. The van der Waals surface area contributed by atoms with Crippen LogP contribution in [-0.4, -0.2) is 20.7 Å². The molecule has 1 aromatic carbocycles. The summed E-state index contributed by atoms with van der Waals surface area (Å²) in [4.78, 5) is 16.5. The molecule has 21 heavy (non-hydrogen) atoms. The number of aromatic nitrogens is 3. The van der Waals surface area contributed by atoms with E-state index in [0.717, 1.165) is 17.1 Å². The molecule has 6 heteroatoms. The van der Waals surface area contributed by atoms with E-state index in [0.29, 0.717) is 17.4 Å². The zero-order valence-electron chi connectivity index (χ0n) is 12.6. The largest absolute Gasteiger partial charge is 0.326 e. The van der Waals surface area contributed by atoms with Crippen molar-refractivity contribution in [3.05, 3.63) is 40.4 Å². The van der Waals surface area contributed by atoms with Crippen LogP contribution >= 0.6 is 11.6 Å². The smallest absolute Gasteiger partial charge is 0.229 e. The molecule has 1 amide bonds. The number of halogens is 1. The van der Waals surface area contributed by atoms with Crippen molar-refractivity contribution >= 4 is 23.2 Å². The van der Waals surface area contributed by atoms with Gasteiger partial charge in [-0.05, 0) is 38.5 Å². The summed E-state index contributed by atoms with van der Waals surface area (Å²) in [5.74, 6) is 1.24. The molecule has 0 spiro atoms. The van der Waals surface area contributed by atoms with Crippen LogP contribution in [0.3, 0.4) is 0 Å². The summed E-state index contributed by atoms with van der Waals surface area (Å²) in [5, 5.41) is 7.79. The lowest BCUT2D eigenvalue weighted by Crippen LogP contribution is -2.25. The maximum Gasteiger partial charge on any atom is 0.229 e. The van der Waals surface area contributed by atoms with Gasteiger partial charge >= 0.3 is 0 Å². The predicted molar refractivity (Wildman–Crippen MR) is 83.5 cm³/mol. The summed E-state index contributed by atoms with van der Waals surface area (Å²) in [6, 6.07) is 5.44. The molecule has 0 saturated carbocycles. The molecule has 0 aliphatic rings. The van der Waals surface area contributed by atoms with Crippen molar-refractivity contribution in [2.45, 2.75) is 34.2 Å². The number of hydrogen-bond acceptors (Lipinski definition) is 3. The maximum absolute atomic E-state index is 12.3. The Labute approximate surface area is 129 Å². The normalized spacial score (nSPS) is 12.2. The van der Waals surface area contributed by atoms with Crippen LogP contribution in [0.4, 0.5) is 5.69 Å². The average molecular weight is 307 g/mol. The molecule has 0 radical (unpaired) electrons. The Hall–Kier alpha value is -1.88. The number of aryl methyl sites for hydroxylation is 3. The van der Waals surface area contributed by atoms with Crippen molar-refractivity contribution in [2.75, 3.05) is 5.32 Å². The van der Waals surface area contributed by atoms with Crippen molar-refractivity contribution < 1.29 is 4.79 Å². The highest BCUT2D eigenvalue weighted by Crippen LogP contribution is 2.21. The van der Waals surface area contributed by atoms with E-state index in [-0.39, 0.29) is 11.8 Å². The lowest BCUT2D eigenvalue weighted by molar-refractivity contribution is -0.119. The minimum absolute atomic E-state index is 0.0621. The SMILES string of the molecule is Cc1nc(C)n(CC(C)C(=O)Nc2cc(Cl)ccc2C)n1. The Kier molecular flexibility index (Phi) is 4.63. The molecular formula is C15H19ClN4O. The summed E-state index contributed by atoms with van der Waals surface area (Å²) < 4.78 is 1.75. The molecule has 2 aromatic rings. The highest BCUT2D eigenvalue weighted by molar-refractivity contribution is 6.31. The van der Waals surface area contributed by atoms with E-state index in [2.05, 4.69) is 15.4 Å². The summed E-state index contributed by atoms with van der Waals surface area (Å²) in [5.41, 5.74) is 1.72. The zero-order chi connectivity index (χ0) is 15.6. The molecule has 1 heterocycles. The molecule has 0 aliphatic carbocycles. The van der Waals surface area contributed by atoms with Gasteiger partial charge in [0.1, 0.15) is 11.6 Å². The van der Waals surface area contributed by atoms with Crippen molar-refractivity contribution in [3.63, 3.8) is 0 Å². The quantitative estimate of drug-likeness (QED) is 0.944. The van der Waals surface area contributed by atoms with Crippen LogP contribution in [0.25, 0.3) is 0 Å². The third-order valence-corrected chi connectivity index (χ3v) is 3.55. The number of carbonyl (C=O) groups excluding carboxylic acids is 1. The number of benzene rings is 1. The van der Waals surface area contributed by atoms with E-state index in [1.165, 1.54) is 0 Å². The Bertz CT molecular complexity index is 666. The standard InChI is InChI=1S/C15H19ClN4O/c1-9-5-6-13(16)7-14(9)18-15(21)10(2)8-20-12(4)17-11(3)19-20/h5-7,10H,8H2,1-4H3,(H,18,21). The monoisotopic (exact) mass is 306 g/mol. The molecule has 0 fully saturated rings. The fraction of sp³-hybridized carbons (Fsp3) is 0.400. The van der Waals surface area contributed by atoms with Crippen LogP contribution in [0.5, 0.6) is 0 Å². The van der Waals surface area contributed by atoms with Gasteiger partial charge in [-0.3, -0.25) is 4.79 Å². The fourth-order valence-corrected chi connectivity index (χ4v) is 2.23. The Morgan fingerprint density at radius 3 is 2.71 bits per heavy atom. The van der Waals surface area contributed by atoms with E-state index in [1.807, 2.05) is 33.8 Å².